The molecule has 2 fully saturated rings. The van der Waals surface area contributed by atoms with E-state index in [4.69, 9.17) is 0 Å². The minimum atomic E-state index is -0.145. The van der Waals surface area contributed by atoms with Gasteiger partial charge in [0.25, 0.3) is 0 Å². The summed E-state index contributed by atoms with van der Waals surface area (Å²) in [6.45, 7) is 2.57. The van der Waals surface area contributed by atoms with E-state index in [-0.39, 0.29) is 5.82 Å². The average Bonchev–Trinajstić information content (AvgIpc) is 3.25. The van der Waals surface area contributed by atoms with Gasteiger partial charge in [-0.15, -0.1) is 15.3 Å². The SMILES string of the molecule is Fc1ccccc1N1CCC(CNc2ccc3nnc(C4CC4)n3n2)C1. The molecule has 7 heteroatoms. The molecular weight excluding hydrogens is 331 g/mol. The number of para-hydroxylation sites is 1. The van der Waals surface area contributed by atoms with E-state index in [0.717, 1.165) is 43.3 Å². The van der Waals surface area contributed by atoms with Crippen LogP contribution in [0, 0.1) is 11.7 Å². The fourth-order valence-electron chi connectivity index (χ4n) is 3.67. The second-order valence-electron chi connectivity index (χ2n) is 7.25. The van der Waals surface area contributed by atoms with Gasteiger partial charge in [0.15, 0.2) is 11.5 Å². The largest absolute Gasteiger partial charge is 0.369 e. The van der Waals surface area contributed by atoms with Crippen molar-refractivity contribution >= 4 is 17.2 Å². The summed E-state index contributed by atoms with van der Waals surface area (Å²) < 4.78 is 15.8. The van der Waals surface area contributed by atoms with Crippen molar-refractivity contribution in [3.05, 3.63) is 48.0 Å². The third-order valence-corrected chi connectivity index (χ3v) is 5.28. The van der Waals surface area contributed by atoms with Gasteiger partial charge in [-0.05, 0) is 49.4 Å². The quantitative estimate of drug-likeness (QED) is 0.765. The first kappa shape index (κ1) is 15.5. The summed E-state index contributed by atoms with van der Waals surface area (Å²) in [5.41, 5.74) is 1.50. The summed E-state index contributed by atoms with van der Waals surface area (Å²) in [5, 5.41) is 16.5. The summed E-state index contributed by atoms with van der Waals surface area (Å²) in [6.07, 6.45) is 3.39. The Labute approximate surface area is 151 Å². The van der Waals surface area contributed by atoms with E-state index < -0.39 is 0 Å². The van der Waals surface area contributed by atoms with E-state index in [2.05, 4.69) is 25.5 Å². The summed E-state index contributed by atoms with van der Waals surface area (Å²) in [7, 11) is 0. The molecule has 1 aliphatic carbocycles. The van der Waals surface area contributed by atoms with Crippen LogP contribution in [0.2, 0.25) is 0 Å². The van der Waals surface area contributed by atoms with Crippen molar-refractivity contribution in [2.45, 2.75) is 25.2 Å². The Morgan fingerprint density at radius 1 is 1.08 bits per heavy atom. The van der Waals surface area contributed by atoms with Crippen LogP contribution in [-0.4, -0.2) is 39.4 Å². The number of nitrogens with zero attached hydrogens (tertiary/aromatic N) is 5. The van der Waals surface area contributed by atoms with Crippen LogP contribution in [0.1, 0.15) is 31.0 Å². The standard InChI is InChI=1S/C19H21FN6/c20-15-3-1-2-4-16(15)25-10-9-13(12-25)11-21-17-7-8-18-22-23-19(14-5-6-14)26(18)24-17/h1-4,7-8,13-14H,5-6,9-12H2,(H,21,24). The van der Waals surface area contributed by atoms with Crippen LogP contribution in [0.5, 0.6) is 0 Å². The molecule has 3 heterocycles. The van der Waals surface area contributed by atoms with Crippen molar-refractivity contribution in [2.24, 2.45) is 5.92 Å². The van der Waals surface area contributed by atoms with E-state index in [0.29, 0.717) is 17.5 Å². The molecule has 0 spiro atoms. The molecule has 1 aromatic carbocycles. The number of hydrogen-bond donors (Lipinski definition) is 1. The Kier molecular flexibility index (Phi) is 3.72. The highest BCUT2D eigenvalue weighted by molar-refractivity contribution is 5.49. The van der Waals surface area contributed by atoms with E-state index in [1.165, 1.54) is 18.9 Å². The van der Waals surface area contributed by atoms with Gasteiger partial charge in [0.05, 0.1) is 5.69 Å². The zero-order valence-corrected chi connectivity index (χ0v) is 14.5. The summed E-state index contributed by atoms with van der Waals surface area (Å²) in [4.78, 5) is 2.13. The topological polar surface area (TPSA) is 58.3 Å². The maximum atomic E-state index is 14.0. The normalized spacial score (nSPS) is 20.0. The molecule has 0 radical (unpaired) electrons. The van der Waals surface area contributed by atoms with Gasteiger partial charge in [-0.2, -0.15) is 4.52 Å². The van der Waals surface area contributed by atoms with E-state index >= 15 is 0 Å². The monoisotopic (exact) mass is 352 g/mol. The molecule has 2 aliphatic rings. The van der Waals surface area contributed by atoms with E-state index in [1.54, 1.807) is 6.07 Å². The second-order valence-corrected chi connectivity index (χ2v) is 7.25. The van der Waals surface area contributed by atoms with Crippen molar-refractivity contribution in [3.8, 4) is 0 Å². The van der Waals surface area contributed by atoms with Crippen molar-refractivity contribution < 1.29 is 4.39 Å². The molecule has 6 nitrogen and oxygen atoms in total. The lowest BCUT2D eigenvalue weighted by Crippen LogP contribution is -2.23. The number of hydrogen-bond acceptors (Lipinski definition) is 5. The fourth-order valence-corrected chi connectivity index (χ4v) is 3.67. The predicted molar refractivity (Wildman–Crippen MR) is 98.0 cm³/mol. The second kappa shape index (κ2) is 6.23. The van der Waals surface area contributed by atoms with Crippen LogP contribution >= 0.6 is 0 Å². The highest BCUT2D eigenvalue weighted by Crippen LogP contribution is 2.38. The third kappa shape index (κ3) is 2.87. The highest BCUT2D eigenvalue weighted by Gasteiger charge is 2.29. The van der Waals surface area contributed by atoms with Gasteiger partial charge in [0.1, 0.15) is 11.6 Å². The van der Waals surface area contributed by atoms with Crippen LogP contribution in [0.3, 0.4) is 0 Å². The molecule has 1 aliphatic heterocycles. The Hall–Kier alpha value is -2.70. The predicted octanol–water partition coefficient (Wildman–Crippen LogP) is 3.08. The Bertz CT molecular complexity index is 935. The van der Waals surface area contributed by atoms with Crippen LogP contribution in [0.15, 0.2) is 36.4 Å². The highest BCUT2D eigenvalue weighted by atomic mass is 19.1. The molecule has 1 unspecified atom stereocenters. The molecular formula is C19H21FN6. The lowest BCUT2D eigenvalue weighted by Gasteiger charge is -2.19. The van der Waals surface area contributed by atoms with Crippen LogP contribution in [0.4, 0.5) is 15.9 Å². The van der Waals surface area contributed by atoms with Crippen LogP contribution in [-0.2, 0) is 0 Å². The number of fused-ring (bicyclic) bond motifs is 1. The third-order valence-electron chi connectivity index (χ3n) is 5.28. The number of aromatic nitrogens is 4. The zero-order valence-electron chi connectivity index (χ0n) is 14.5. The van der Waals surface area contributed by atoms with Gasteiger partial charge in [0, 0.05) is 25.6 Å². The molecule has 1 saturated carbocycles. The Morgan fingerprint density at radius 3 is 2.81 bits per heavy atom. The van der Waals surface area contributed by atoms with Crippen molar-refractivity contribution in [1.29, 1.82) is 0 Å². The van der Waals surface area contributed by atoms with Gasteiger partial charge in [-0.3, -0.25) is 0 Å². The smallest absolute Gasteiger partial charge is 0.178 e. The average molecular weight is 352 g/mol. The molecule has 2 aromatic heterocycles. The first-order valence-corrected chi connectivity index (χ1v) is 9.23. The van der Waals surface area contributed by atoms with Gasteiger partial charge in [-0.25, -0.2) is 4.39 Å². The number of rotatable bonds is 5. The minimum absolute atomic E-state index is 0.145. The van der Waals surface area contributed by atoms with Crippen molar-refractivity contribution in [1.82, 2.24) is 19.8 Å². The summed E-state index contributed by atoms with van der Waals surface area (Å²) >= 11 is 0. The molecule has 5 rings (SSSR count). The molecule has 134 valence electrons. The Morgan fingerprint density at radius 2 is 1.96 bits per heavy atom. The first-order valence-electron chi connectivity index (χ1n) is 9.23. The van der Waals surface area contributed by atoms with E-state index in [9.17, 15) is 4.39 Å². The van der Waals surface area contributed by atoms with E-state index in [1.807, 2.05) is 28.8 Å². The first-order chi connectivity index (χ1) is 12.8. The maximum Gasteiger partial charge on any atom is 0.178 e. The Balaban J connectivity index is 1.25. The number of halogens is 1. The lowest BCUT2D eigenvalue weighted by atomic mass is 10.1. The zero-order chi connectivity index (χ0) is 17.5. The fraction of sp³-hybridized carbons (Fsp3) is 0.421. The lowest BCUT2D eigenvalue weighted by molar-refractivity contribution is 0.609. The molecule has 0 bridgehead atoms. The van der Waals surface area contributed by atoms with Gasteiger partial charge in [0.2, 0.25) is 0 Å². The van der Waals surface area contributed by atoms with Crippen molar-refractivity contribution in [3.63, 3.8) is 0 Å². The van der Waals surface area contributed by atoms with Gasteiger partial charge in [-0.1, -0.05) is 12.1 Å². The van der Waals surface area contributed by atoms with Crippen LogP contribution < -0.4 is 10.2 Å². The molecule has 3 aromatic rings. The number of benzene rings is 1. The van der Waals surface area contributed by atoms with Crippen molar-refractivity contribution in [2.75, 3.05) is 29.9 Å². The van der Waals surface area contributed by atoms with Gasteiger partial charge >= 0.3 is 0 Å². The molecule has 1 saturated heterocycles. The van der Waals surface area contributed by atoms with Gasteiger partial charge < -0.3 is 10.2 Å². The molecule has 1 N–H and O–H groups in total. The summed E-state index contributed by atoms with van der Waals surface area (Å²) in [6, 6.07) is 10.9. The maximum absolute atomic E-state index is 14.0. The number of anilines is 2. The molecule has 26 heavy (non-hydrogen) atoms. The summed E-state index contributed by atoms with van der Waals surface area (Å²) in [5.74, 6) is 2.64. The number of nitrogens with one attached hydrogen (secondary N) is 1. The van der Waals surface area contributed by atoms with Crippen LogP contribution in [0.25, 0.3) is 5.65 Å². The minimum Gasteiger partial charge on any atom is -0.369 e. The molecule has 0 amide bonds. The molecule has 1 atom stereocenters.